The maximum absolute atomic E-state index is 12.3. The molecule has 7 nitrogen and oxygen atoms in total. The fraction of sp³-hybridized carbons (Fsp3) is 0.150. The van der Waals surface area contributed by atoms with E-state index in [9.17, 15) is 13.2 Å². The van der Waals surface area contributed by atoms with E-state index in [2.05, 4.69) is 26.0 Å². The summed E-state index contributed by atoms with van der Waals surface area (Å²) < 4.78 is 38.6. The number of benzene rings is 2. The third-order valence-electron chi connectivity index (χ3n) is 3.96. The Hall–Kier alpha value is -2.62. The van der Waals surface area contributed by atoms with Gasteiger partial charge >= 0.3 is 0 Å². The summed E-state index contributed by atoms with van der Waals surface area (Å²) in [6.07, 6.45) is 1.47. The van der Waals surface area contributed by atoms with Gasteiger partial charge in [-0.15, -0.1) is 0 Å². The molecule has 2 aromatic carbocycles. The lowest BCUT2D eigenvalue weighted by molar-refractivity contribution is -0.118. The Morgan fingerprint density at radius 3 is 2.55 bits per heavy atom. The lowest BCUT2D eigenvalue weighted by Gasteiger charge is -2.10. The van der Waals surface area contributed by atoms with E-state index in [1.165, 1.54) is 30.5 Å². The van der Waals surface area contributed by atoms with Crippen LogP contribution in [0.5, 0.6) is 5.75 Å². The van der Waals surface area contributed by atoms with Crippen molar-refractivity contribution in [1.82, 2.24) is 4.72 Å². The number of rotatable bonds is 8. The molecule has 9 heteroatoms. The second-order valence-corrected chi connectivity index (χ2v) is 8.80. The summed E-state index contributed by atoms with van der Waals surface area (Å²) in [6.45, 7) is 1.82. The number of nitrogens with one attached hydrogen (secondary N) is 2. The van der Waals surface area contributed by atoms with Gasteiger partial charge in [0.25, 0.3) is 5.91 Å². The maximum atomic E-state index is 12.3. The van der Waals surface area contributed by atoms with Gasteiger partial charge in [0, 0.05) is 10.2 Å². The second-order valence-electron chi connectivity index (χ2n) is 6.18. The van der Waals surface area contributed by atoms with Crippen LogP contribution in [0, 0.1) is 6.92 Å². The van der Waals surface area contributed by atoms with Crippen molar-refractivity contribution in [1.29, 1.82) is 0 Å². The van der Waals surface area contributed by atoms with Crippen LogP contribution >= 0.6 is 15.9 Å². The van der Waals surface area contributed by atoms with Crippen LogP contribution in [0.1, 0.15) is 11.3 Å². The maximum Gasteiger partial charge on any atom is 0.262 e. The van der Waals surface area contributed by atoms with Crippen molar-refractivity contribution in [3.05, 3.63) is 76.7 Å². The molecule has 2 N–H and O–H groups in total. The zero-order valence-corrected chi connectivity index (χ0v) is 17.9. The number of aryl methyl sites for hydroxylation is 1. The van der Waals surface area contributed by atoms with Crippen LogP contribution in [0.25, 0.3) is 0 Å². The van der Waals surface area contributed by atoms with Gasteiger partial charge in [0.15, 0.2) is 6.61 Å². The Bertz CT molecular complexity index is 1080. The SMILES string of the molecule is Cc1cc(OCC(=O)Nc2ccc(S(=O)(=O)NCc3ccco3)cc2)ccc1Br. The molecule has 0 fully saturated rings. The molecule has 1 heterocycles. The van der Waals surface area contributed by atoms with Gasteiger partial charge in [-0.1, -0.05) is 15.9 Å². The zero-order chi connectivity index (χ0) is 20.9. The number of anilines is 1. The highest BCUT2D eigenvalue weighted by Crippen LogP contribution is 2.21. The molecule has 3 rings (SSSR count). The number of furan rings is 1. The summed E-state index contributed by atoms with van der Waals surface area (Å²) in [5, 5.41) is 2.67. The van der Waals surface area contributed by atoms with Crippen molar-refractivity contribution < 1.29 is 22.4 Å². The minimum atomic E-state index is -3.69. The fourth-order valence-corrected chi connectivity index (χ4v) is 3.67. The van der Waals surface area contributed by atoms with Crippen LogP contribution in [0.2, 0.25) is 0 Å². The third kappa shape index (κ3) is 5.93. The predicted octanol–water partition coefficient (Wildman–Crippen LogP) is 3.85. The van der Waals surface area contributed by atoms with E-state index in [1.54, 1.807) is 18.2 Å². The van der Waals surface area contributed by atoms with E-state index in [-0.39, 0.29) is 24.0 Å². The lowest BCUT2D eigenvalue weighted by Crippen LogP contribution is -2.23. The number of carbonyl (C=O) groups excluding carboxylic acids is 1. The van der Waals surface area contributed by atoms with Crippen molar-refractivity contribution in [2.75, 3.05) is 11.9 Å². The number of carbonyl (C=O) groups is 1. The minimum Gasteiger partial charge on any atom is -0.484 e. The summed E-state index contributed by atoms with van der Waals surface area (Å²) in [7, 11) is -3.69. The van der Waals surface area contributed by atoms with Gasteiger partial charge in [-0.05, 0) is 67.1 Å². The zero-order valence-electron chi connectivity index (χ0n) is 15.5. The lowest BCUT2D eigenvalue weighted by atomic mass is 10.2. The number of ether oxygens (including phenoxy) is 1. The number of hydrogen-bond donors (Lipinski definition) is 2. The molecule has 0 spiro atoms. The van der Waals surface area contributed by atoms with Crippen LogP contribution in [0.3, 0.4) is 0 Å². The summed E-state index contributed by atoms with van der Waals surface area (Å²) in [5.41, 5.74) is 1.47. The van der Waals surface area contributed by atoms with Gasteiger partial charge in [0.05, 0.1) is 17.7 Å². The topological polar surface area (TPSA) is 97.6 Å². The molecule has 0 aliphatic carbocycles. The molecule has 0 aliphatic rings. The molecule has 0 saturated carbocycles. The van der Waals surface area contributed by atoms with Crippen molar-refractivity contribution in [2.45, 2.75) is 18.4 Å². The first-order valence-electron chi connectivity index (χ1n) is 8.64. The van der Waals surface area contributed by atoms with Gasteiger partial charge < -0.3 is 14.5 Å². The monoisotopic (exact) mass is 478 g/mol. The average Bonchev–Trinajstić information content (AvgIpc) is 3.22. The molecule has 0 aliphatic heterocycles. The number of hydrogen-bond acceptors (Lipinski definition) is 5. The Balaban J connectivity index is 1.53. The first kappa shape index (κ1) is 21.1. The van der Waals surface area contributed by atoms with Crippen molar-refractivity contribution in [3.63, 3.8) is 0 Å². The van der Waals surface area contributed by atoms with E-state index < -0.39 is 10.0 Å². The first-order valence-corrected chi connectivity index (χ1v) is 10.9. The average molecular weight is 479 g/mol. The molecular weight excluding hydrogens is 460 g/mol. The summed E-state index contributed by atoms with van der Waals surface area (Å²) in [6, 6.07) is 14.7. The largest absolute Gasteiger partial charge is 0.484 e. The summed E-state index contributed by atoms with van der Waals surface area (Å²) in [5.74, 6) is 0.750. The van der Waals surface area contributed by atoms with Crippen LogP contribution < -0.4 is 14.8 Å². The third-order valence-corrected chi connectivity index (χ3v) is 6.27. The van der Waals surface area contributed by atoms with E-state index in [0.29, 0.717) is 17.2 Å². The molecule has 1 aromatic heterocycles. The summed E-state index contributed by atoms with van der Waals surface area (Å²) in [4.78, 5) is 12.2. The van der Waals surface area contributed by atoms with Crippen molar-refractivity contribution in [2.24, 2.45) is 0 Å². The smallest absolute Gasteiger partial charge is 0.262 e. The molecule has 0 saturated heterocycles. The molecule has 1 amide bonds. The van der Waals surface area contributed by atoms with Gasteiger partial charge in [-0.25, -0.2) is 13.1 Å². The Kier molecular flexibility index (Phi) is 6.73. The standard InChI is InChI=1S/C20H19BrN2O5S/c1-14-11-16(6-9-19(14)21)28-13-20(24)23-15-4-7-18(8-5-15)29(25,26)22-12-17-3-2-10-27-17/h2-11,22H,12-13H2,1H3,(H,23,24). The highest BCUT2D eigenvalue weighted by atomic mass is 79.9. The van der Waals surface area contributed by atoms with E-state index in [1.807, 2.05) is 19.1 Å². The van der Waals surface area contributed by atoms with Crippen LogP contribution in [0.15, 0.2) is 74.6 Å². The molecule has 0 bridgehead atoms. The van der Waals surface area contributed by atoms with E-state index in [4.69, 9.17) is 9.15 Å². The molecule has 0 atom stereocenters. The van der Waals surface area contributed by atoms with Crippen molar-refractivity contribution >= 4 is 37.5 Å². The Labute approximate surface area is 177 Å². The molecule has 29 heavy (non-hydrogen) atoms. The van der Waals surface area contributed by atoms with Gasteiger partial charge in [-0.2, -0.15) is 0 Å². The molecule has 3 aromatic rings. The predicted molar refractivity (Wildman–Crippen MR) is 112 cm³/mol. The van der Waals surface area contributed by atoms with Gasteiger partial charge in [-0.3, -0.25) is 4.79 Å². The van der Waals surface area contributed by atoms with Crippen molar-refractivity contribution in [3.8, 4) is 5.75 Å². The Morgan fingerprint density at radius 2 is 1.90 bits per heavy atom. The van der Waals surface area contributed by atoms with Crippen LogP contribution in [0.4, 0.5) is 5.69 Å². The van der Waals surface area contributed by atoms with Gasteiger partial charge in [0.1, 0.15) is 11.5 Å². The first-order chi connectivity index (χ1) is 13.8. The van der Waals surface area contributed by atoms with E-state index in [0.717, 1.165) is 10.0 Å². The highest BCUT2D eigenvalue weighted by molar-refractivity contribution is 9.10. The number of sulfonamides is 1. The Morgan fingerprint density at radius 1 is 1.14 bits per heavy atom. The normalized spacial score (nSPS) is 11.2. The number of amides is 1. The molecule has 152 valence electrons. The highest BCUT2D eigenvalue weighted by Gasteiger charge is 2.14. The molecule has 0 radical (unpaired) electrons. The van der Waals surface area contributed by atoms with E-state index >= 15 is 0 Å². The fourth-order valence-electron chi connectivity index (χ4n) is 2.43. The minimum absolute atomic E-state index is 0.0562. The molecule has 0 unspecified atom stereocenters. The van der Waals surface area contributed by atoms with Crippen LogP contribution in [-0.4, -0.2) is 20.9 Å². The van der Waals surface area contributed by atoms with Crippen LogP contribution in [-0.2, 0) is 21.4 Å². The second kappa shape index (κ2) is 9.25. The molecular formula is C20H19BrN2O5S. The summed E-state index contributed by atoms with van der Waals surface area (Å²) >= 11 is 3.41. The number of halogens is 1. The van der Waals surface area contributed by atoms with Gasteiger partial charge in [0.2, 0.25) is 10.0 Å². The quantitative estimate of drug-likeness (QED) is 0.512.